The Balaban J connectivity index is 1.68. The highest BCUT2D eigenvalue weighted by atomic mass is 32.1. The summed E-state index contributed by atoms with van der Waals surface area (Å²) in [6, 6.07) is 12.5. The van der Waals surface area contributed by atoms with Crippen LogP contribution in [0, 0.1) is 11.3 Å². The fourth-order valence-corrected chi connectivity index (χ4v) is 4.34. The largest absolute Gasteiger partial charge is 0.358 e. The van der Waals surface area contributed by atoms with Crippen LogP contribution in [-0.4, -0.2) is 23.1 Å². The Morgan fingerprint density at radius 1 is 1.38 bits per heavy atom. The van der Waals surface area contributed by atoms with Crippen LogP contribution < -0.4 is 10.6 Å². The molecule has 0 unspecified atom stereocenters. The Morgan fingerprint density at radius 2 is 2.17 bits per heavy atom. The van der Waals surface area contributed by atoms with Gasteiger partial charge in [-0.25, -0.2) is 0 Å². The number of hydrogen-bond donors (Lipinski definition) is 2. The Hall–Kier alpha value is -1.94. The van der Waals surface area contributed by atoms with E-state index in [0.29, 0.717) is 11.7 Å². The molecule has 0 saturated heterocycles. The Labute approximate surface area is 152 Å². The predicted molar refractivity (Wildman–Crippen MR) is 103 cm³/mol. The molecule has 3 rings (SSSR count). The van der Waals surface area contributed by atoms with Crippen LogP contribution in [0.5, 0.6) is 0 Å². The molecule has 1 aliphatic rings. The number of nitrogens with zero attached hydrogens (tertiary/aromatic N) is 2. The Kier molecular flexibility index (Phi) is 5.46. The second-order valence-corrected chi connectivity index (χ2v) is 7.25. The molecule has 0 radical (unpaired) electrons. The van der Waals surface area contributed by atoms with Gasteiger partial charge in [0.2, 0.25) is 0 Å². The summed E-state index contributed by atoms with van der Waals surface area (Å²) in [6.07, 6.45) is 0.939. The van der Waals surface area contributed by atoms with E-state index in [1.54, 1.807) is 11.3 Å². The summed E-state index contributed by atoms with van der Waals surface area (Å²) in [5.74, 6) is 0. The molecule has 2 aromatic rings. The lowest BCUT2D eigenvalue weighted by molar-refractivity contribution is 0.271. The SMILES string of the molecule is CCN1CCc2c(sc(NC(=S)NCc3ccccc3)c2C#N)C1. The zero-order valence-electron chi connectivity index (χ0n) is 13.6. The normalized spacial score (nSPS) is 13.8. The van der Waals surface area contributed by atoms with Crippen molar-refractivity contribution in [3.8, 4) is 6.07 Å². The van der Waals surface area contributed by atoms with E-state index in [1.807, 2.05) is 18.2 Å². The maximum atomic E-state index is 9.55. The molecule has 0 saturated carbocycles. The van der Waals surface area contributed by atoms with E-state index in [1.165, 1.54) is 16.0 Å². The van der Waals surface area contributed by atoms with Crippen molar-refractivity contribution in [1.29, 1.82) is 5.26 Å². The molecule has 6 heteroatoms. The molecule has 2 N–H and O–H groups in total. The molecule has 1 aromatic heterocycles. The third-order valence-corrected chi connectivity index (χ3v) is 5.60. The quantitative estimate of drug-likeness (QED) is 0.822. The molecule has 24 heavy (non-hydrogen) atoms. The van der Waals surface area contributed by atoms with Gasteiger partial charge in [-0.15, -0.1) is 11.3 Å². The molecule has 0 amide bonds. The van der Waals surface area contributed by atoms with Gasteiger partial charge in [0.05, 0.1) is 5.56 Å². The van der Waals surface area contributed by atoms with Crippen LogP contribution in [0.25, 0.3) is 0 Å². The Morgan fingerprint density at radius 3 is 2.88 bits per heavy atom. The summed E-state index contributed by atoms with van der Waals surface area (Å²) in [5.41, 5.74) is 3.13. The number of likely N-dealkylation sites (N-methyl/N-ethyl adjacent to an activating group) is 1. The molecular formula is C18H20N4S2. The van der Waals surface area contributed by atoms with Crippen LogP contribution in [0.4, 0.5) is 5.00 Å². The lowest BCUT2D eigenvalue weighted by atomic mass is 10.0. The third-order valence-electron chi connectivity index (χ3n) is 4.22. The van der Waals surface area contributed by atoms with Gasteiger partial charge in [0, 0.05) is 24.5 Å². The molecule has 4 nitrogen and oxygen atoms in total. The molecular weight excluding hydrogens is 336 g/mol. The van der Waals surface area contributed by atoms with Gasteiger partial charge < -0.3 is 10.6 Å². The number of anilines is 1. The summed E-state index contributed by atoms with van der Waals surface area (Å²) < 4.78 is 0. The minimum absolute atomic E-state index is 0.557. The zero-order valence-corrected chi connectivity index (χ0v) is 15.3. The Bertz CT molecular complexity index is 761. The van der Waals surface area contributed by atoms with Gasteiger partial charge in [0.25, 0.3) is 0 Å². The molecule has 124 valence electrons. The monoisotopic (exact) mass is 356 g/mol. The lowest BCUT2D eigenvalue weighted by Gasteiger charge is -2.24. The number of thiocarbonyl (C=S) groups is 1. The first-order chi connectivity index (χ1) is 11.7. The van der Waals surface area contributed by atoms with E-state index in [4.69, 9.17) is 12.2 Å². The second-order valence-electron chi connectivity index (χ2n) is 5.73. The molecule has 2 heterocycles. The highest BCUT2D eigenvalue weighted by Gasteiger charge is 2.24. The van der Waals surface area contributed by atoms with E-state index >= 15 is 0 Å². The zero-order chi connectivity index (χ0) is 16.9. The molecule has 1 aliphatic heterocycles. The van der Waals surface area contributed by atoms with E-state index in [2.05, 4.69) is 40.7 Å². The predicted octanol–water partition coefficient (Wildman–Crippen LogP) is 3.48. The summed E-state index contributed by atoms with van der Waals surface area (Å²) in [6.45, 7) is 5.83. The number of benzene rings is 1. The van der Waals surface area contributed by atoms with Gasteiger partial charge in [-0.1, -0.05) is 37.3 Å². The average molecular weight is 357 g/mol. The first-order valence-electron chi connectivity index (χ1n) is 8.07. The van der Waals surface area contributed by atoms with Crippen molar-refractivity contribution in [2.75, 3.05) is 18.4 Å². The first kappa shape index (κ1) is 16.9. The van der Waals surface area contributed by atoms with E-state index in [9.17, 15) is 5.26 Å². The van der Waals surface area contributed by atoms with Gasteiger partial charge in [0.15, 0.2) is 5.11 Å². The third kappa shape index (κ3) is 3.75. The molecule has 1 aromatic carbocycles. The van der Waals surface area contributed by atoms with Gasteiger partial charge in [0.1, 0.15) is 11.1 Å². The fraction of sp³-hybridized carbons (Fsp3) is 0.333. The van der Waals surface area contributed by atoms with Crippen LogP contribution >= 0.6 is 23.6 Å². The van der Waals surface area contributed by atoms with Crippen molar-refractivity contribution in [3.05, 3.63) is 51.9 Å². The number of rotatable bonds is 4. The van der Waals surface area contributed by atoms with Gasteiger partial charge >= 0.3 is 0 Å². The van der Waals surface area contributed by atoms with Crippen LogP contribution in [0.15, 0.2) is 30.3 Å². The summed E-state index contributed by atoms with van der Waals surface area (Å²) >= 11 is 7.05. The van der Waals surface area contributed by atoms with Gasteiger partial charge in [-0.05, 0) is 36.3 Å². The minimum atomic E-state index is 0.557. The molecule has 0 fully saturated rings. The maximum Gasteiger partial charge on any atom is 0.171 e. The highest BCUT2D eigenvalue weighted by Crippen LogP contribution is 2.36. The summed E-state index contributed by atoms with van der Waals surface area (Å²) in [4.78, 5) is 3.68. The van der Waals surface area contributed by atoms with E-state index in [0.717, 1.165) is 36.6 Å². The van der Waals surface area contributed by atoms with Gasteiger partial charge in [-0.2, -0.15) is 5.26 Å². The van der Waals surface area contributed by atoms with E-state index < -0.39 is 0 Å². The highest BCUT2D eigenvalue weighted by molar-refractivity contribution is 7.80. The van der Waals surface area contributed by atoms with Crippen LogP contribution in [0.2, 0.25) is 0 Å². The van der Waals surface area contributed by atoms with Crippen molar-refractivity contribution in [2.24, 2.45) is 0 Å². The number of thiophene rings is 1. The topological polar surface area (TPSA) is 51.1 Å². The van der Waals surface area contributed by atoms with Gasteiger partial charge in [-0.3, -0.25) is 4.90 Å². The summed E-state index contributed by atoms with van der Waals surface area (Å²) in [5, 5.41) is 17.4. The maximum absolute atomic E-state index is 9.55. The number of hydrogen-bond acceptors (Lipinski definition) is 4. The van der Waals surface area contributed by atoms with Crippen LogP contribution in [0.3, 0.4) is 0 Å². The second kappa shape index (κ2) is 7.75. The van der Waals surface area contributed by atoms with Crippen molar-refractivity contribution >= 4 is 33.7 Å². The van der Waals surface area contributed by atoms with Crippen molar-refractivity contribution in [1.82, 2.24) is 10.2 Å². The molecule has 0 bridgehead atoms. The van der Waals surface area contributed by atoms with E-state index in [-0.39, 0.29) is 0 Å². The molecule has 0 aliphatic carbocycles. The first-order valence-corrected chi connectivity index (χ1v) is 9.29. The number of nitriles is 1. The smallest absolute Gasteiger partial charge is 0.171 e. The lowest BCUT2D eigenvalue weighted by Crippen LogP contribution is -2.29. The van der Waals surface area contributed by atoms with Crippen molar-refractivity contribution in [2.45, 2.75) is 26.4 Å². The summed E-state index contributed by atoms with van der Waals surface area (Å²) in [7, 11) is 0. The van der Waals surface area contributed by atoms with Crippen LogP contribution in [0.1, 0.15) is 28.5 Å². The van der Waals surface area contributed by atoms with Crippen molar-refractivity contribution < 1.29 is 0 Å². The van der Waals surface area contributed by atoms with Crippen LogP contribution in [-0.2, 0) is 19.5 Å². The average Bonchev–Trinajstić information content (AvgIpc) is 2.96. The van der Waals surface area contributed by atoms with Crippen molar-refractivity contribution in [3.63, 3.8) is 0 Å². The minimum Gasteiger partial charge on any atom is -0.358 e. The standard InChI is InChI=1S/C18H20N4S2/c1-2-22-9-8-14-15(10-19)17(24-16(14)12-22)21-18(23)20-11-13-6-4-3-5-7-13/h3-7H,2,8-9,11-12H2,1H3,(H2,20,21,23). The fourth-order valence-electron chi connectivity index (χ4n) is 2.86. The number of fused-ring (bicyclic) bond motifs is 1. The molecule has 0 atom stereocenters. The number of nitrogens with one attached hydrogen (secondary N) is 2. The molecule has 0 spiro atoms.